The van der Waals surface area contributed by atoms with Gasteiger partial charge in [0.2, 0.25) is 0 Å². The summed E-state index contributed by atoms with van der Waals surface area (Å²) in [4.78, 5) is 0. The van der Waals surface area contributed by atoms with E-state index in [2.05, 4.69) is 39.5 Å². The van der Waals surface area contributed by atoms with E-state index in [1.807, 2.05) is 30.3 Å². The van der Waals surface area contributed by atoms with Crippen molar-refractivity contribution in [2.24, 2.45) is 0 Å². The molecule has 1 nitrogen and oxygen atoms in total. The Morgan fingerprint density at radius 1 is 1.25 bits per heavy atom. The largest absolute Gasteiger partial charge is 0.508 e. The van der Waals surface area contributed by atoms with Gasteiger partial charge in [0.1, 0.15) is 5.75 Å². The molecule has 0 saturated carbocycles. The van der Waals surface area contributed by atoms with Gasteiger partial charge in [0.25, 0.3) is 0 Å². The van der Waals surface area contributed by atoms with Gasteiger partial charge in [-0.25, -0.2) is 0 Å². The average Bonchev–Trinajstić information content (AvgIpc) is 2.43. The molecule has 0 aliphatic rings. The molecule has 0 amide bonds. The number of phenolic OH excluding ortho intramolecular Hbond substituents is 1. The van der Waals surface area contributed by atoms with Crippen LogP contribution in [0.5, 0.6) is 5.75 Å². The molecule has 0 unspecified atom stereocenters. The molecule has 2 aromatic rings. The maximum Gasteiger partial charge on any atom is 0.116 e. The van der Waals surface area contributed by atoms with E-state index in [-0.39, 0.29) is 5.41 Å². The Bertz CT molecular complexity index is 663. The SMILES string of the molecule is C=C/C(=C\C(C)(C)c1cccc2cc(O)ccc12)CC. The molecule has 1 heteroatoms. The number of fused-ring (bicyclic) bond motifs is 1. The van der Waals surface area contributed by atoms with Gasteiger partial charge in [0, 0.05) is 5.41 Å². The van der Waals surface area contributed by atoms with E-state index in [4.69, 9.17) is 0 Å². The topological polar surface area (TPSA) is 20.2 Å². The van der Waals surface area contributed by atoms with Gasteiger partial charge in [0.05, 0.1) is 0 Å². The molecule has 0 aromatic heterocycles. The van der Waals surface area contributed by atoms with Gasteiger partial charge < -0.3 is 5.11 Å². The van der Waals surface area contributed by atoms with E-state index < -0.39 is 0 Å². The fraction of sp³-hybridized carbons (Fsp3) is 0.263. The molecule has 0 bridgehead atoms. The van der Waals surface area contributed by atoms with E-state index >= 15 is 0 Å². The molecule has 20 heavy (non-hydrogen) atoms. The molecule has 1 N–H and O–H groups in total. The third kappa shape index (κ3) is 2.77. The first kappa shape index (κ1) is 14.4. The molecule has 0 aliphatic heterocycles. The standard InChI is InChI=1S/C19H22O/c1-5-14(6-2)13-19(3,4)18-9-7-8-15-12-16(20)10-11-17(15)18/h5,7-13,20H,1,6H2,2-4H3/b14-13+. The molecular weight excluding hydrogens is 244 g/mol. The number of aromatic hydroxyl groups is 1. The molecule has 0 aliphatic carbocycles. The van der Waals surface area contributed by atoms with E-state index in [1.54, 1.807) is 6.07 Å². The molecule has 2 aromatic carbocycles. The lowest BCUT2D eigenvalue weighted by Gasteiger charge is -2.24. The van der Waals surface area contributed by atoms with Crippen LogP contribution in [0.4, 0.5) is 0 Å². The summed E-state index contributed by atoms with van der Waals surface area (Å²) in [6, 6.07) is 11.8. The van der Waals surface area contributed by atoms with E-state index in [1.165, 1.54) is 16.5 Å². The fourth-order valence-electron chi connectivity index (χ4n) is 2.68. The highest BCUT2D eigenvalue weighted by atomic mass is 16.3. The Hall–Kier alpha value is -2.02. The van der Waals surface area contributed by atoms with Crippen molar-refractivity contribution in [2.75, 3.05) is 0 Å². The van der Waals surface area contributed by atoms with Crippen molar-refractivity contribution in [3.05, 3.63) is 66.3 Å². The second-order valence-corrected chi connectivity index (χ2v) is 5.71. The summed E-state index contributed by atoms with van der Waals surface area (Å²) in [7, 11) is 0. The van der Waals surface area contributed by atoms with Crippen LogP contribution in [0, 0.1) is 0 Å². The third-order valence-corrected chi connectivity index (χ3v) is 3.77. The van der Waals surface area contributed by atoms with Crippen LogP contribution in [0.2, 0.25) is 0 Å². The highest BCUT2D eigenvalue weighted by Gasteiger charge is 2.20. The van der Waals surface area contributed by atoms with Crippen molar-refractivity contribution in [1.29, 1.82) is 0 Å². The monoisotopic (exact) mass is 266 g/mol. The second kappa shape index (κ2) is 5.54. The maximum atomic E-state index is 9.62. The van der Waals surface area contributed by atoms with Crippen LogP contribution in [0.3, 0.4) is 0 Å². The first-order chi connectivity index (χ1) is 9.47. The zero-order valence-corrected chi connectivity index (χ0v) is 12.5. The molecule has 0 saturated heterocycles. The van der Waals surface area contributed by atoms with Gasteiger partial charge in [0.15, 0.2) is 0 Å². The van der Waals surface area contributed by atoms with Crippen LogP contribution in [0.15, 0.2) is 60.7 Å². The minimum Gasteiger partial charge on any atom is -0.508 e. The van der Waals surface area contributed by atoms with Crippen molar-refractivity contribution in [1.82, 2.24) is 0 Å². The summed E-state index contributed by atoms with van der Waals surface area (Å²) in [6.45, 7) is 10.5. The minimum absolute atomic E-state index is 0.0734. The first-order valence-electron chi connectivity index (χ1n) is 7.04. The van der Waals surface area contributed by atoms with Crippen LogP contribution >= 0.6 is 0 Å². The van der Waals surface area contributed by atoms with Crippen LogP contribution < -0.4 is 0 Å². The van der Waals surface area contributed by atoms with Crippen molar-refractivity contribution >= 4 is 10.8 Å². The lowest BCUT2D eigenvalue weighted by Crippen LogP contribution is -2.15. The smallest absolute Gasteiger partial charge is 0.116 e. The Morgan fingerprint density at radius 3 is 2.65 bits per heavy atom. The highest BCUT2D eigenvalue weighted by molar-refractivity contribution is 5.88. The van der Waals surface area contributed by atoms with Gasteiger partial charge in [-0.2, -0.15) is 0 Å². The number of hydrogen-bond acceptors (Lipinski definition) is 1. The Morgan fingerprint density at radius 2 is 2.00 bits per heavy atom. The Kier molecular flexibility index (Phi) is 3.99. The van der Waals surface area contributed by atoms with Gasteiger partial charge in [-0.3, -0.25) is 0 Å². The molecule has 0 spiro atoms. The zero-order chi connectivity index (χ0) is 14.8. The number of benzene rings is 2. The summed E-state index contributed by atoms with van der Waals surface area (Å²) in [6.07, 6.45) is 5.19. The Balaban J connectivity index is 2.62. The summed E-state index contributed by atoms with van der Waals surface area (Å²) in [5, 5.41) is 11.9. The summed E-state index contributed by atoms with van der Waals surface area (Å²) < 4.78 is 0. The third-order valence-electron chi connectivity index (χ3n) is 3.77. The number of allylic oxidation sites excluding steroid dienone is 3. The maximum absolute atomic E-state index is 9.62. The van der Waals surface area contributed by atoms with Crippen molar-refractivity contribution in [3.63, 3.8) is 0 Å². The highest BCUT2D eigenvalue weighted by Crippen LogP contribution is 2.34. The summed E-state index contributed by atoms with van der Waals surface area (Å²) in [5.41, 5.74) is 2.45. The number of rotatable bonds is 4. The van der Waals surface area contributed by atoms with E-state index in [0.29, 0.717) is 5.75 Å². The molecule has 0 fully saturated rings. The molecule has 0 atom stereocenters. The summed E-state index contributed by atoms with van der Waals surface area (Å²) in [5.74, 6) is 0.309. The van der Waals surface area contributed by atoms with Gasteiger partial charge in [-0.15, -0.1) is 0 Å². The fourth-order valence-corrected chi connectivity index (χ4v) is 2.68. The van der Waals surface area contributed by atoms with E-state index in [0.717, 1.165) is 11.8 Å². The van der Waals surface area contributed by atoms with Gasteiger partial charge in [-0.1, -0.05) is 69.3 Å². The van der Waals surface area contributed by atoms with Crippen LogP contribution in [-0.2, 0) is 5.41 Å². The van der Waals surface area contributed by atoms with Crippen LogP contribution in [-0.4, -0.2) is 5.11 Å². The average molecular weight is 266 g/mol. The molecule has 104 valence electrons. The first-order valence-corrected chi connectivity index (χ1v) is 7.04. The molecule has 0 radical (unpaired) electrons. The molecular formula is C19H22O. The quantitative estimate of drug-likeness (QED) is 0.740. The normalized spacial score (nSPS) is 12.7. The number of hydrogen-bond donors (Lipinski definition) is 1. The van der Waals surface area contributed by atoms with Crippen molar-refractivity contribution in [3.8, 4) is 5.75 Å². The predicted octanol–water partition coefficient (Wildman–Crippen LogP) is 5.35. The lowest BCUT2D eigenvalue weighted by molar-refractivity contribution is 0.476. The van der Waals surface area contributed by atoms with Crippen molar-refractivity contribution in [2.45, 2.75) is 32.6 Å². The minimum atomic E-state index is -0.0734. The zero-order valence-electron chi connectivity index (χ0n) is 12.5. The molecule has 2 rings (SSSR count). The van der Waals surface area contributed by atoms with Crippen molar-refractivity contribution < 1.29 is 5.11 Å². The molecule has 0 heterocycles. The van der Waals surface area contributed by atoms with Crippen LogP contribution in [0.25, 0.3) is 10.8 Å². The Labute approximate surface area is 121 Å². The second-order valence-electron chi connectivity index (χ2n) is 5.71. The summed E-state index contributed by atoms with van der Waals surface area (Å²) >= 11 is 0. The van der Waals surface area contributed by atoms with Crippen LogP contribution in [0.1, 0.15) is 32.8 Å². The van der Waals surface area contributed by atoms with Gasteiger partial charge in [-0.05, 0) is 34.9 Å². The van der Waals surface area contributed by atoms with E-state index in [9.17, 15) is 5.11 Å². The van der Waals surface area contributed by atoms with Gasteiger partial charge >= 0.3 is 0 Å². The predicted molar refractivity (Wildman–Crippen MR) is 87.2 cm³/mol. The lowest BCUT2D eigenvalue weighted by atomic mass is 9.80. The number of phenols is 1.